The number of unbranched alkanes of at least 4 members (excludes halogenated alkanes) is 2. The number of Topliss-reactive ketones (excluding diaryl/α,β-unsaturated/α-hetero) is 1. The van der Waals surface area contributed by atoms with E-state index in [-0.39, 0.29) is 30.3 Å². The normalized spacial score (nSPS) is 10.6. The number of aryl methyl sites for hydroxylation is 1. The van der Waals surface area contributed by atoms with Crippen LogP contribution in [-0.2, 0) is 9.59 Å². The lowest BCUT2D eigenvalue weighted by molar-refractivity contribution is -0.116. The molecular formula is C21H27N3O4S2. The van der Waals surface area contributed by atoms with Crippen LogP contribution < -0.4 is 15.8 Å². The Kier molecular flexibility index (Phi) is 9.82. The summed E-state index contributed by atoms with van der Waals surface area (Å²) < 4.78 is 6.47. The molecule has 0 fully saturated rings. The summed E-state index contributed by atoms with van der Waals surface area (Å²) in [6.07, 6.45) is 3.46. The third-order valence-electron chi connectivity index (χ3n) is 4.12. The van der Waals surface area contributed by atoms with E-state index < -0.39 is 5.91 Å². The molecule has 0 aliphatic carbocycles. The summed E-state index contributed by atoms with van der Waals surface area (Å²) >= 11 is 2.58. The molecule has 30 heavy (non-hydrogen) atoms. The molecule has 7 nitrogen and oxygen atoms in total. The first-order chi connectivity index (χ1) is 14.4. The van der Waals surface area contributed by atoms with Crippen LogP contribution in [0, 0.1) is 6.92 Å². The molecule has 0 aliphatic rings. The molecule has 1 aromatic heterocycles. The molecule has 0 atom stereocenters. The number of nitrogens with two attached hydrogens (primary N) is 1. The number of rotatable bonds is 13. The van der Waals surface area contributed by atoms with Crippen LogP contribution in [0.1, 0.15) is 55.1 Å². The second-order valence-corrected chi connectivity index (χ2v) is 8.94. The number of anilines is 1. The zero-order valence-electron chi connectivity index (χ0n) is 17.2. The van der Waals surface area contributed by atoms with E-state index in [4.69, 9.17) is 10.5 Å². The van der Waals surface area contributed by atoms with Crippen LogP contribution in [0.5, 0.6) is 5.75 Å². The van der Waals surface area contributed by atoms with Crippen molar-refractivity contribution in [1.82, 2.24) is 4.98 Å². The van der Waals surface area contributed by atoms with Gasteiger partial charge >= 0.3 is 0 Å². The molecule has 0 spiro atoms. The number of nitrogens with one attached hydrogen (secondary N) is 1. The highest BCUT2D eigenvalue weighted by Crippen LogP contribution is 2.31. The number of thioether (sulfide) groups is 1. The van der Waals surface area contributed by atoms with Gasteiger partial charge in [0.1, 0.15) is 5.75 Å². The maximum absolute atomic E-state index is 12.3. The highest BCUT2D eigenvalue weighted by atomic mass is 32.2. The molecule has 0 unspecified atom stereocenters. The number of carbonyl (C=O) groups excluding carboxylic acids is 3. The molecular weight excluding hydrogens is 422 g/mol. The van der Waals surface area contributed by atoms with Crippen molar-refractivity contribution in [1.29, 1.82) is 0 Å². The Morgan fingerprint density at radius 3 is 2.57 bits per heavy atom. The largest absolute Gasteiger partial charge is 0.494 e. The lowest BCUT2D eigenvalue weighted by Crippen LogP contribution is -2.13. The van der Waals surface area contributed by atoms with Crippen molar-refractivity contribution in [2.24, 2.45) is 5.73 Å². The molecule has 0 saturated carbocycles. The van der Waals surface area contributed by atoms with Gasteiger partial charge in [0.25, 0.3) is 0 Å². The van der Waals surface area contributed by atoms with Crippen LogP contribution in [0.15, 0.2) is 28.5 Å². The van der Waals surface area contributed by atoms with Crippen molar-refractivity contribution in [3.63, 3.8) is 0 Å². The number of carbonyl (C=O) groups is 3. The van der Waals surface area contributed by atoms with E-state index in [0.29, 0.717) is 17.3 Å². The summed E-state index contributed by atoms with van der Waals surface area (Å²) in [5.41, 5.74) is 6.44. The van der Waals surface area contributed by atoms with E-state index in [0.717, 1.165) is 34.9 Å². The molecule has 2 rings (SSSR count). The number of primary amides is 1. The monoisotopic (exact) mass is 449 g/mol. The average Bonchev–Trinajstić information content (AvgIpc) is 3.07. The van der Waals surface area contributed by atoms with Gasteiger partial charge in [0.2, 0.25) is 11.8 Å². The molecule has 1 aromatic carbocycles. The van der Waals surface area contributed by atoms with E-state index in [2.05, 4.69) is 17.2 Å². The van der Waals surface area contributed by atoms with Crippen molar-refractivity contribution in [2.45, 2.75) is 50.2 Å². The Labute approximate surface area is 184 Å². The van der Waals surface area contributed by atoms with Crippen molar-refractivity contribution in [3.8, 4) is 5.75 Å². The standard InChI is InChI=1S/C21H27N3O4S2/c1-3-4-5-12-28-16-8-6-15(7-9-16)17(25)10-11-19(27)24-21-23-14(2)20(30-21)29-13-18(22)26/h6-9H,3-5,10-13H2,1-2H3,(H2,22,26)(H,23,24,27). The summed E-state index contributed by atoms with van der Waals surface area (Å²) in [6.45, 7) is 4.61. The van der Waals surface area contributed by atoms with Crippen LogP contribution in [0.25, 0.3) is 0 Å². The quantitative estimate of drug-likeness (QED) is 0.269. The van der Waals surface area contributed by atoms with Gasteiger partial charge in [-0.25, -0.2) is 4.98 Å². The Balaban J connectivity index is 1.78. The molecule has 0 radical (unpaired) electrons. The molecule has 0 saturated heterocycles. The summed E-state index contributed by atoms with van der Waals surface area (Å²) in [4.78, 5) is 39.7. The van der Waals surface area contributed by atoms with Crippen LogP contribution in [0.2, 0.25) is 0 Å². The Bertz CT molecular complexity index is 866. The minimum atomic E-state index is -0.409. The Morgan fingerprint density at radius 2 is 1.90 bits per heavy atom. The molecule has 9 heteroatoms. The van der Waals surface area contributed by atoms with Gasteiger partial charge in [-0.3, -0.25) is 14.4 Å². The minimum absolute atomic E-state index is 0.0660. The molecule has 3 N–H and O–H groups in total. The van der Waals surface area contributed by atoms with Gasteiger partial charge in [0.15, 0.2) is 10.9 Å². The van der Waals surface area contributed by atoms with Gasteiger partial charge < -0.3 is 15.8 Å². The Hall–Kier alpha value is -2.39. The predicted molar refractivity (Wildman–Crippen MR) is 120 cm³/mol. The summed E-state index contributed by atoms with van der Waals surface area (Å²) in [7, 11) is 0. The lowest BCUT2D eigenvalue weighted by Gasteiger charge is -2.07. The zero-order valence-corrected chi connectivity index (χ0v) is 18.9. The van der Waals surface area contributed by atoms with Crippen molar-refractivity contribution >= 4 is 45.8 Å². The second-order valence-electron chi connectivity index (χ2n) is 6.70. The van der Waals surface area contributed by atoms with Gasteiger partial charge in [0.05, 0.1) is 22.3 Å². The fourth-order valence-corrected chi connectivity index (χ4v) is 4.43. The summed E-state index contributed by atoms with van der Waals surface area (Å²) in [5.74, 6) is 0.112. The van der Waals surface area contributed by atoms with Gasteiger partial charge in [-0.2, -0.15) is 0 Å². The fourth-order valence-electron chi connectivity index (χ4n) is 2.54. The number of thiazole rings is 1. The highest BCUT2D eigenvalue weighted by molar-refractivity contribution is 8.01. The second kappa shape index (κ2) is 12.3. The molecule has 0 bridgehead atoms. The molecule has 2 aromatic rings. The smallest absolute Gasteiger partial charge is 0.227 e. The number of ketones is 1. The predicted octanol–water partition coefficient (Wildman–Crippen LogP) is 4.20. The van der Waals surface area contributed by atoms with Crippen LogP contribution in [0.3, 0.4) is 0 Å². The minimum Gasteiger partial charge on any atom is -0.494 e. The van der Waals surface area contributed by atoms with Gasteiger partial charge in [0, 0.05) is 18.4 Å². The van der Waals surface area contributed by atoms with Crippen LogP contribution >= 0.6 is 23.1 Å². The molecule has 0 aliphatic heterocycles. The highest BCUT2D eigenvalue weighted by Gasteiger charge is 2.14. The van der Waals surface area contributed by atoms with E-state index in [1.54, 1.807) is 31.2 Å². The number of nitrogens with zero attached hydrogens (tertiary/aromatic N) is 1. The van der Waals surface area contributed by atoms with Crippen molar-refractivity contribution in [3.05, 3.63) is 35.5 Å². The number of hydrogen-bond acceptors (Lipinski definition) is 7. The first-order valence-corrected chi connectivity index (χ1v) is 11.6. The topological polar surface area (TPSA) is 111 Å². The van der Waals surface area contributed by atoms with E-state index in [1.807, 2.05) is 0 Å². The SMILES string of the molecule is CCCCCOc1ccc(C(=O)CCC(=O)Nc2nc(C)c(SCC(N)=O)s2)cc1. The summed E-state index contributed by atoms with van der Waals surface area (Å²) in [5, 5.41) is 3.15. The van der Waals surface area contributed by atoms with Gasteiger partial charge in [-0.05, 0) is 37.6 Å². The zero-order chi connectivity index (χ0) is 21.9. The lowest BCUT2D eigenvalue weighted by atomic mass is 10.1. The van der Waals surface area contributed by atoms with E-state index in [1.165, 1.54) is 23.1 Å². The first kappa shape index (κ1) is 23.9. The van der Waals surface area contributed by atoms with Crippen molar-refractivity contribution < 1.29 is 19.1 Å². The van der Waals surface area contributed by atoms with Gasteiger partial charge in [-0.15, -0.1) is 11.8 Å². The van der Waals surface area contributed by atoms with Crippen LogP contribution in [0.4, 0.5) is 5.13 Å². The van der Waals surface area contributed by atoms with E-state index in [9.17, 15) is 14.4 Å². The number of benzene rings is 1. The number of ether oxygens (including phenoxy) is 1. The fraction of sp³-hybridized carbons (Fsp3) is 0.429. The molecule has 162 valence electrons. The average molecular weight is 450 g/mol. The number of amides is 2. The van der Waals surface area contributed by atoms with Gasteiger partial charge in [-0.1, -0.05) is 31.1 Å². The maximum Gasteiger partial charge on any atom is 0.227 e. The van der Waals surface area contributed by atoms with Crippen molar-refractivity contribution in [2.75, 3.05) is 17.7 Å². The third kappa shape index (κ3) is 8.16. The number of hydrogen-bond donors (Lipinski definition) is 2. The summed E-state index contributed by atoms with van der Waals surface area (Å²) in [6, 6.07) is 7.01. The maximum atomic E-state index is 12.3. The third-order valence-corrected chi connectivity index (χ3v) is 6.58. The molecule has 2 amide bonds. The first-order valence-electron chi connectivity index (χ1n) is 9.83. The number of aromatic nitrogens is 1. The van der Waals surface area contributed by atoms with Crippen LogP contribution in [-0.4, -0.2) is 34.9 Å². The molecule has 1 heterocycles. The van der Waals surface area contributed by atoms with E-state index >= 15 is 0 Å². The Morgan fingerprint density at radius 1 is 1.17 bits per heavy atom.